The Morgan fingerprint density at radius 2 is 2.00 bits per heavy atom. The van der Waals surface area contributed by atoms with Crippen molar-refractivity contribution in [1.82, 2.24) is 0 Å². The molecule has 0 bridgehead atoms. The summed E-state index contributed by atoms with van der Waals surface area (Å²) < 4.78 is 28.7. The van der Waals surface area contributed by atoms with Gasteiger partial charge in [0.05, 0.1) is 17.2 Å². The second-order valence-electron chi connectivity index (χ2n) is 5.53. The van der Waals surface area contributed by atoms with Crippen LogP contribution in [0.15, 0.2) is 60.2 Å². The maximum atomic E-state index is 14.0. The highest BCUT2D eigenvalue weighted by Crippen LogP contribution is 2.24. The highest BCUT2D eigenvalue weighted by atomic mass is 32.1. The number of hydrogen-bond acceptors (Lipinski definition) is 4. The molecule has 0 saturated heterocycles. The molecular formula is C19H15F2N2O2S2+. The van der Waals surface area contributed by atoms with Crippen LogP contribution in [0.1, 0.15) is 10.4 Å². The fourth-order valence-electron chi connectivity index (χ4n) is 2.41. The minimum Gasteiger partial charge on any atom is -0.501 e. The summed E-state index contributed by atoms with van der Waals surface area (Å²) in [6.45, 7) is -0.194. The fourth-order valence-corrected chi connectivity index (χ4v) is 3.39. The highest BCUT2D eigenvalue weighted by Gasteiger charge is 2.25. The molecule has 0 saturated carbocycles. The summed E-state index contributed by atoms with van der Waals surface area (Å²) in [6.07, 6.45) is 3.25. The predicted molar refractivity (Wildman–Crippen MR) is 105 cm³/mol. The first kappa shape index (κ1) is 19.1. The van der Waals surface area contributed by atoms with Gasteiger partial charge in [-0.05, 0) is 29.6 Å². The first-order valence-corrected chi connectivity index (χ1v) is 9.13. The van der Waals surface area contributed by atoms with E-state index in [1.807, 2.05) is 0 Å². The quantitative estimate of drug-likeness (QED) is 0.259. The lowest BCUT2D eigenvalue weighted by Crippen LogP contribution is -2.39. The number of nitrogens with zero attached hydrogens (tertiary/aromatic N) is 1. The third-order valence-electron chi connectivity index (χ3n) is 3.68. The van der Waals surface area contributed by atoms with Gasteiger partial charge in [0.25, 0.3) is 5.70 Å². The lowest BCUT2D eigenvalue weighted by Gasteiger charge is -2.10. The van der Waals surface area contributed by atoms with E-state index < -0.39 is 11.6 Å². The van der Waals surface area contributed by atoms with E-state index in [1.165, 1.54) is 22.0 Å². The van der Waals surface area contributed by atoms with Crippen LogP contribution in [0.4, 0.5) is 14.5 Å². The lowest BCUT2D eigenvalue weighted by atomic mass is 10.2. The van der Waals surface area contributed by atoms with Crippen LogP contribution in [0.5, 0.6) is 0 Å². The van der Waals surface area contributed by atoms with Gasteiger partial charge in [0.2, 0.25) is 5.76 Å². The zero-order valence-corrected chi connectivity index (χ0v) is 15.5. The van der Waals surface area contributed by atoms with Gasteiger partial charge in [0.1, 0.15) is 11.6 Å². The molecule has 27 heavy (non-hydrogen) atoms. The second kappa shape index (κ2) is 8.34. The Labute approximate surface area is 163 Å². The molecule has 0 aliphatic heterocycles. The number of pyridine rings is 1. The van der Waals surface area contributed by atoms with E-state index in [9.17, 15) is 19.0 Å². The zero-order valence-electron chi connectivity index (χ0n) is 13.9. The van der Waals surface area contributed by atoms with E-state index in [0.29, 0.717) is 10.4 Å². The molecule has 0 fully saturated rings. The molecule has 0 spiro atoms. The molecule has 0 unspecified atom stereocenters. The fraction of sp³-hybridized carbons (Fsp3) is 0.0526. The Bertz CT molecular complexity index is 1000. The molecule has 2 heterocycles. The summed E-state index contributed by atoms with van der Waals surface area (Å²) in [5.41, 5.74) is 0.785. The second-order valence-corrected chi connectivity index (χ2v) is 6.89. The summed E-state index contributed by atoms with van der Waals surface area (Å²) in [5.74, 6) is -1.61. The van der Waals surface area contributed by atoms with Crippen molar-refractivity contribution in [3.05, 3.63) is 82.3 Å². The molecule has 3 N–H and O–H groups in total. The molecule has 0 radical (unpaired) electrons. The number of nitrogens with one attached hydrogen (secondary N) is 1. The van der Waals surface area contributed by atoms with Crippen molar-refractivity contribution >= 4 is 45.7 Å². The molecule has 0 aliphatic rings. The standard InChI is InChI=1S/C19H14F2N2O2S2/c20-13-5-6-15(14(21)9-13)22-19(26)17(18(25)16-4-2-8-27-16)23-7-1-3-12(10-23)11-24/h1-10,24H,11H2,(H-,22,25,26)/p+1. The third kappa shape index (κ3) is 4.36. The average Bonchev–Trinajstić information content (AvgIpc) is 3.19. The van der Waals surface area contributed by atoms with Crippen molar-refractivity contribution in [2.75, 3.05) is 5.32 Å². The third-order valence-corrected chi connectivity index (χ3v) is 4.85. The van der Waals surface area contributed by atoms with Crippen LogP contribution < -0.4 is 9.88 Å². The van der Waals surface area contributed by atoms with Crippen LogP contribution in [-0.2, 0) is 6.61 Å². The van der Waals surface area contributed by atoms with Crippen LogP contribution in [0.25, 0.3) is 11.5 Å². The van der Waals surface area contributed by atoms with E-state index in [4.69, 9.17) is 12.2 Å². The van der Waals surface area contributed by atoms with Gasteiger partial charge in [-0.3, -0.25) is 0 Å². The number of hydrogen-bond donors (Lipinski definition) is 3. The minimum absolute atomic E-state index is 0.0169. The number of aliphatic hydroxyl groups is 2. The monoisotopic (exact) mass is 405 g/mol. The van der Waals surface area contributed by atoms with Crippen molar-refractivity contribution in [3.8, 4) is 0 Å². The molecular weight excluding hydrogens is 390 g/mol. The van der Waals surface area contributed by atoms with E-state index in [0.717, 1.165) is 12.1 Å². The van der Waals surface area contributed by atoms with Gasteiger partial charge in [0, 0.05) is 17.7 Å². The average molecular weight is 405 g/mol. The summed E-state index contributed by atoms with van der Waals surface area (Å²) in [5, 5.41) is 24.7. The van der Waals surface area contributed by atoms with Crippen molar-refractivity contribution in [3.63, 3.8) is 0 Å². The lowest BCUT2D eigenvalue weighted by molar-refractivity contribution is -0.576. The molecule has 138 valence electrons. The number of thiophene rings is 1. The number of aliphatic hydroxyl groups excluding tert-OH is 2. The van der Waals surface area contributed by atoms with E-state index >= 15 is 0 Å². The topological polar surface area (TPSA) is 56.4 Å². The normalized spacial score (nSPS) is 11.8. The number of halogens is 2. The van der Waals surface area contributed by atoms with E-state index in [1.54, 1.807) is 42.0 Å². The number of aromatic nitrogens is 1. The zero-order chi connectivity index (χ0) is 19.4. The Balaban J connectivity index is 2.06. The first-order chi connectivity index (χ1) is 13.0. The van der Waals surface area contributed by atoms with Crippen LogP contribution in [-0.4, -0.2) is 15.2 Å². The molecule has 3 rings (SSSR count). The molecule has 8 heteroatoms. The van der Waals surface area contributed by atoms with Gasteiger partial charge in [-0.1, -0.05) is 18.3 Å². The SMILES string of the molecule is OCc1ccc[n+](/C(C(=S)Nc2ccc(F)cc2F)=C(/O)c2cccs2)c1. The summed E-state index contributed by atoms with van der Waals surface area (Å²) >= 11 is 6.70. The smallest absolute Gasteiger partial charge is 0.289 e. The van der Waals surface area contributed by atoms with Gasteiger partial charge in [-0.2, -0.15) is 4.57 Å². The highest BCUT2D eigenvalue weighted by molar-refractivity contribution is 7.81. The number of benzene rings is 1. The van der Waals surface area contributed by atoms with Gasteiger partial charge in [-0.25, -0.2) is 8.78 Å². The summed E-state index contributed by atoms with van der Waals surface area (Å²) in [6, 6.07) is 9.98. The Morgan fingerprint density at radius 3 is 2.67 bits per heavy atom. The molecule has 0 atom stereocenters. The largest absolute Gasteiger partial charge is 0.501 e. The van der Waals surface area contributed by atoms with Crippen LogP contribution in [0, 0.1) is 11.6 Å². The van der Waals surface area contributed by atoms with E-state index in [2.05, 4.69) is 5.32 Å². The Hall–Kier alpha value is -2.68. The van der Waals surface area contributed by atoms with Crippen LogP contribution in [0.3, 0.4) is 0 Å². The van der Waals surface area contributed by atoms with Gasteiger partial charge in [-0.15, -0.1) is 11.3 Å². The van der Waals surface area contributed by atoms with Crippen molar-refractivity contribution in [1.29, 1.82) is 0 Å². The molecule has 1 aromatic carbocycles. The number of rotatable bonds is 5. The number of thiocarbonyl (C=S) groups is 1. The van der Waals surface area contributed by atoms with Gasteiger partial charge < -0.3 is 15.5 Å². The maximum Gasteiger partial charge on any atom is 0.289 e. The van der Waals surface area contributed by atoms with Crippen molar-refractivity contribution in [2.24, 2.45) is 0 Å². The Kier molecular flexibility index (Phi) is 5.90. The molecule has 0 aliphatic carbocycles. The van der Waals surface area contributed by atoms with Crippen LogP contribution >= 0.6 is 23.6 Å². The Morgan fingerprint density at radius 1 is 1.19 bits per heavy atom. The molecule has 0 amide bonds. The van der Waals surface area contributed by atoms with Crippen molar-refractivity contribution < 1.29 is 23.6 Å². The van der Waals surface area contributed by atoms with Gasteiger partial charge >= 0.3 is 0 Å². The minimum atomic E-state index is -0.804. The maximum absolute atomic E-state index is 14.0. The molecule has 3 aromatic rings. The first-order valence-electron chi connectivity index (χ1n) is 7.84. The summed E-state index contributed by atoms with van der Waals surface area (Å²) in [4.78, 5) is 0.599. The summed E-state index contributed by atoms with van der Waals surface area (Å²) in [7, 11) is 0. The van der Waals surface area contributed by atoms with Crippen LogP contribution in [0.2, 0.25) is 0 Å². The molecule has 2 aromatic heterocycles. The number of anilines is 1. The van der Waals surface area contributed by atoms with Gasteiger partial charge in [0.15, 0.2) is 17.4 Å². The van der Waals surface area contributed by atoms with Crippen molar-refractivity contribution in [2.45, 2.75) is 6.61 Å². The van der Waals surface area contributed by atoms with E-state index in [-0.39, 0.29) is 28.7 Å². The predicted octanol–water partition coefficient (Wildman–Crippen LogP) is 4.13. The molecule has 4 nitrogen and oxygen atoms in total.